The molecule has 3 heteroatoms. The smallest absolute Gasteiger partial charge is 0.143 e. The van der Waals surface area contributed by atoms with Crippen molar-refractivity contribution in [2.45, 2.75) is 38.6 Å². The summed E-state index contributed by atoms with van der Waals surface area (Å²) in [6.07, 6.45) is 4.82. The highest BCUT2D eigenvalue weighted by Crippen LogP contribution is 2.40. The lowest BCUT2D eigenvalue weighted by Crippen LogP contribution is -2.20. The van der Waals surface area contributed by atoms with Crippen LogP contribution in [0.1, 0.15) is 42.9 Å². The molecule has 0 aliphatic heterocycles. The molecule has 1 fully saturated rings. The highest BCUT2D eigenvalue weighted by molar-refractivity contribution is 5.59. The molecule has 16 heavy (non-hydrogen) atoms. The summed E-state index contributed by atoms with van der Waals surface area (Å²) in [6, 6.07) is 3.58. The SMILES string of the molecule is Cc1ccc(N)c(O)c1[C@H](N)C1CCCC1. The zero-order chi connectivity index (χ0) is 11.7. The fourth-order valence-electron chi connectivity index (χ4n) is 2.70. The van der Waals surface area contributed by atoms with Gasteiger partial charge in [-0.2, -0.15) is 0 Å². The predicted molar refractivity (Wildman–Crippen MR) is 66.1 cm³/mol. The van der Waals surface area contributed by atoms with Gasteiger partial charge < -0.3 is 16.6 Å². The Hall–Kier alpha value is -1.22. The Morgan fingerprint density at radius 3 is 2.56 bits per heavy atom. The molecule has 0 amide bonds. The van der Waals surface area contributed by atoms with Crippen LogP contribution in [0.3, 0.4) is 0 Å². The quantitative estimate of drug-likeness (QED) is 0.529. The van der Waals surface area contributed by atoms with Crippen LogP contribution in [0.5, 0.6) is 5.75 Å². The maximum absolute atomic E-state index is 10.0. The van der Waals surface area contributed by atoms with Gasteiger partial charge in [0.05, 0.1) is 5.69 Å². The van der Waals surface area contributed by atoms with Crippen molar-refractivity contribution in [1.29, 1.82) is 0 Å². The van der Waals surface area contributed by atoms with Gasteiger partial charge in [-0.3, -0.25) is 0 Å². The van der Waals surface area contributed by atoms with Crippen molar-refractivity contribution in [3.8, 4) is 5.75 Å². The van der Waals surface area contributed by atoms with Gasteiger partial charge in [-0.1, -0.05) is 18.9 Å². The molecule has 1 aliphatic rings. The summed E-state index contributed by atoms with van der Waals surface area (Å²) in [5.41, 5.74) is 14.3. The van der Waals surface area contributed by atoms with E-state index in [0.717, 1.165) is 24.0 Å². The van der Waals surface area contributed by atoms with Gasteiger partial charge in [0.25, 0.3) is 0 Å². The number of hydrogen-bond acceptors (Lipinski definition) is 3. The second-order valence-electron chi connectivity index (χ2n) is 4.80. The second kappa shape index (κ2) is 4.34. The van der Waals surface area contributed by atoms with E-state index in [4.69, 9.17) is 11.5 Å². The number of rotatable bonds is 2. The minimum Gasteiger partial charge on any atom is -0.505 e. The first kappa shape index (κ1) is 11.3. The number of phenolic OH excluding ortho intramolecular Hbond substituents is 1. The molecule has 0 bridgehead atoms. The molecule has 0 spiro atoms. The maximum atomic E-state index is 10.0. The molecule has 1 saturated carbocycles. The molecule has 88 valence electrons. The van der Waals surface area contributed by atoms with Crippen molar-refractivity contribution in [3.05, 3.63) is 23.3 Å². The fraction of sp³-hybridized carbons (Fsp3) is 0.538. The van der Waals surface area contributed by atoms with Crippen LogP contribution >= 0.6 is 0 Å². The van der Waals surface area contributed by atoms with Crippen molar-refractivity contribution in [1.82, 2.24) is 0 Å². The summed E-state index contributed by atoms with van der Waals surface area (Å²) >= 11 is 0. The fourth-order valence-corrected chi connectivity index (χ4v) is 2.70. The van der Waals surface area contributed by atoms with Crippen LogP contribution in [-0.2, 0) is 0 Å². The maximum Gasteiger partial charge on any atom is 0.143 e. The van der Waals surface area contributed by atoms with Crippen LogP contribution in [0.4, 0.5) is 5.69 Å². The van der Waals surface area contributed by atoms with Crippen LogP contribution in [0.25, 0.3) is 0 Å². The lowest BCUT2D eigenvalue weighted by atomic mass is 9.89. The standard InChI is InChI=1S/C13H20N2O/c1-8-6-7-10(14)13(16)11(8)12(15)9-4-2-3-5-9/h6-7,9,12,16H,2-5,14-15H2,1H3/t12-/m1/s1. The number of aromatic hydroxyl groups is 1. The van der Waals surface area contributed by atoms with Crippen molar-refractivity contribution in [3.63, 3.8) is 0 Å². The molecular formula is C13H20N2O. The Kier molecular flexibility index (Phi) is 3.06. The van der Waals surface area contributed by atoms with E-state index in [2.05, 4.69) is 0 Å². The zero-order valence-corrected chi connectivity index (χ0v) is 9.74. The lowest BCUT2D eigenvalue weighted by molar-refractivity contribution is 0.412. The van der Waals surface area contributed by atoms with Crippen LogP contribution < -0.4 is 11.5 Å². The molecular weight excluding hydrogens is 200 g/mol. The Balaban J connectivity index is 2.34. The molecule has 5 N–H and O–H groups in total. The van der Waals surface area contributed by atoms with Crippen molar-refractivity contribution in [2.75, 3.05) is 5.73 Å². The third-order valence-electron chi connectivity index (χ3n) is 3.71. The highest BCUT2D eigenvalue weighted by atomic mass is 16.3. The highest BCUT2D eigenvalue weighted by Gasteiger charge is 2.26. The summed E-state index contributed by atoms with van der Waals surface area (Å²) < 4.78 is 0. The van der Waals surface area contributed by atoms with Gasteiger partial charge in [0, 0.05) is 11.6 Å². The average Bonchev–Trinajstić information content (AvgIpc) is 2.77. The summed E-state index contributed by atoms with van der Waals surface area (Å²) in [7, 11) is 0. The lowest BCUT2D eigenvalue weighted by Gasteiger charge is -2.22. The average molecular weight is 220 g/mol. The largest absolute Gasteiger partial charge is 0.505 e. The first-order valence-electron chi connectivity index (χ1n) is 5.94. The third-order valence-corrected chi connectivity index (χ3v) is 3.71. The summed E-state index contributed by atoms with van der Waals surface area (Å²) in [5.74, 6) is 0.672. The van der Waals surface area contributed by atoms with Gasteiger partial charge in [-0.25, -0.2) is 0 Å². The number of anilines is 1. The number of phenols is 1. The van der Waals surface area contributed by atoms with Crippen LogP contribution in [0.2, 0.25) is 0 Å². The Labute approximate surface area is 96.5 Å². The monoisotopic (exact) mass is 220 g/mol. The van der Waals surface area contributed by atoms with E-state index in [1.807, 2.05) is 13.0 Å². The number of aryl methyl sites for hydroxylation is 1. The van der Waals surface area contributed by atoms with E-state index >= 15 is 0 Å². The predicted octanol–water partition coefficient (Wildman–Crippen LogP) is 2.47. The normalized spacial score (nSPS) is 18.9. The van der Waals surface area contributed by atoms with Gasteiger partial charge in [0.15, 0.2) is 0 Å². The first-order chi connectivity index (χ1) is 7.61. The summed E-state index contributed by atoms with van der Waals surface area (Å²) in [5, 5.41) is 10.0. The Morgan fingerprint density at radius 2 is 1.94 bits per heavy atom. The molecule has 2 rings (SSSR count). The molecule has 3 nitrogen and oxygen atoms in total. The van der Waals surface area contributed by atoms with Gasteiger partial charge >= 0.3 is 0 Å². The van der Waals surface area contributed by atoms with Gasteiger partial charge in [-0.05, 0) is 37.3 Å². The topological polar surface area (TPSA) is 72.3 Å². The number of nitrogen functional groups attached to an aromatic ring is 1. The molecule has 0 heterocycles. The first-order valence-corrected chi connectivity index (χ1v) is 5.94. The number of benzene rings is 1. The summed E-state index contributed by atoms with van der Waals surface area (Å²) in [4.78, 5) is 0. The van der Waals surface area contributed by atoms with E-state index < -0.39 is 0 Å². The molecule has 0 radical (unpaired) electrons. The van der Waals surface area contributed by atoms with Gasteiger partial charge in [0.2, 0.25) is 0 Å². The molecule has 1 aromatic carbocycles. The van der Waals surface area contributed by atoms with Crippen LogP contribution in [0, 0.1) is 12.8 Å². The summed E-state index contributed by atoms with van der Waals surface area (Å²) in [6.45, 7) is 1.98. The van der Waals surface area contributed by atoms with Gasteiger partial charge in [0.1, 0.15) is 5.75 Å². The number of hydrogen-bond donors (Lipinski definition) is 3. The molecule has 1 aromatic rings. The van der Waals surface area contributed by atoms with E-state index in [1.165, 1.54) is 12.8 Å². The van der Waals surface area contributed by atoms with E-state index in [1.54, 1.807) is 6.07 Å². The van der Waals surface area contributed by atoms with E-state index in [-0.39, 0.29) is 11.8 Å². The molecule has 1 atom stereocenters. The van der Waals surface area contributed by atoms with Crippen LogP contribution in [-0.4, -0.2) is 5.11 Å². The van der Waals surface area contributed by atoms with E-state index in [9.17, 15) is 5.11 Å². The van der Waals surface area contributed by atoms with Crippen molar-refractivity contribution in [2.24, 2.45) is 11.7 Å². The minimum absolute atomic E-state index is 0.0778. The van der Waals surface area contributed by atoms with Crippen molar-refractivity contribution >= 4 is 5.69 Å². The Bertz CT molecular complexity index is 384. The molecule has 0 saturated heterocycles. The zero-order valence-electron chi connectivity index (χ0n) is 9.74. The Morgan fingerprint density at radius 1 is 1.31 bits per heavy atom. The molecule has 1 aliphatic carbocycles. The van der Waals surface area contributed by atoms with Gasteiger partial charge in [-0.15, -0.1) is 0 Å². The third kappa shape index (κ3) is 1.87. The van der Waals surface area contributed by atoms with E-state index in [0.29, 0.717) is 11.6 Å². The second-order valence-corrected chi connectivity index (χ2v) is 4.80. The minimum atomic E-state index is -0.0778. The van der Waals surface area contributed by atoms with Crippen molar-refractivity contribution < 1.29 is 5.11 Å². The van der Waals surface area contributed by atoms with Crippen LogP contribution in [0.15, 0.2) is 12.1 Å². The number of nitrogens with two attached hydrogens (primary N) is 2. The molecule has 0 unspecified atom stereocenters. The molecule has 0 aromatic heterocycles.